The van der Waals surface area contributed by atoms with Crippen molar-refractivity contribution in [2.45, 2.75) is 47.6 Å². The number of aryl methyl sites for hydroxylation is 2. The van der Waals surface area contributed by atoms with Crippen LogP contribution in [0.1, 0.15) is 47.6 Å². The van der Waals surface area contributed by atoms with E-state index in [1.165, 1.54) is 22.2 Å². The van der Waals surface area contributed by atoms with E-state index in [1.807, 2.05) is 30.2 Å². The Morgan fingerprint density at radius 1 is 0.912 bits per heavy atom. The molecule has 0 saturated carbocycles. The molecule has 1 aromatic carbocycles. The summed E-state index contributed by atoms with van der Waals surface area (Å²) in [6.45, 7) is 14.0. The second-order valence-electron chi connectivity index (χ2n) is 11.6. The number of aromatic nitrogens is 5. The van der Waals surface area contributed by atoms with Gasteiger partial charge in [-0.1, -0.05) is 41.5 Å². The fourth-order valence-electron chi connectivity index (χ4n) is 6.07. The lowest BCUT2D eigenvalue weighted by Crippen LogP contribution is -2.35. The Bertz CT molecular complexity index is 1520. The highest BCUT2D eigenvalue weighted by atomic mass is 16.5. The molecule has 178 valence electrons. The highest BCUT2D eigenvalue weighted by Gasteiger charge is 2.39. The van der Waals surface area contributed by atoms with Gasteiger partial charge in [-0.2, -0.15) is 5.10 Å². The minimum absolute atomic E-state index is 0.00429. The molecule has 0 aliphatic rings. The quantitative estimate of drug-likeness (QED) is 0.302. The first kappa shape index (κ1) is 22.5. The standard InChI is InChI=1S/C28H35N5O/c1-27(2,3)26(28(4,5)6)33-23(13-20-24-17(14-29-25(20)33)15-30-32(24)8)21-16-31(7)22-11-10-18(34-9)12-19(21)22/h10-16,26H,1-9H3. The molecule has 0 aliphatic heterocycles. The van der Waals surface area contributed by atoms with Gasteiger partial charge in [0.05, 0.1) is 24.5 Å². The fraction of sp³-hybridized carbons (Fsp3) is 0.429. The number of ether oxygens (including phenoxy) is 1. The van der Waals surface area contributed by atoms with E-state index in [-0.39, 0.29) is 16.9 Å². The molecule has 0 spiro atoms. The van der Waals surface area contributed by atoms with Gasteiger partial charge in [0.25, 0.3) is 0 Å². The van der Waals surface area contributed by atoms with Gasteiger partial charge in [-0.3, -0.25) is 4.68 Å². The topological polar surface area (TPSA) is 49.8 Å². The molecule has 0 fully saturated rings. The maximum atomic E-state index is 5.59. The molecule has 5 rings (SSSR count). The lowest BCUT2D eigenvalue weighted by molar-refractivity contribution is 0.116. The zero-order chi connectivity index (χ0) is 24.6. The van der Waals surface area contributed by atoms with E-state index in [0.717, 1.165) is 27.7 Å². The number of nitrogens with zero attached hydrogens (tertiary/aromatic N) is 5. The molecule has 0 unspecified atom stereocenters. The first-order valence-electron chi connectivity index (χ1n) is 11.9. The molecule has 6 heteroatoms. The Balaban J connectivity index is 1.96. The normalized spacial score (nSPS) is 13.1. The van der Waals surface area contributed by atoms with E-state index in [0.29, 0.717) is 0 Å². The second-order valence-corrected chi connectivity index (χ2v) is 11.6. The van der Waals surface area contributed by atoms with Crippen molar-refractivity contribution in [3.05, 3.63) is 42.9 Å². The van der Waals surface area contributed by atoms with E-state index in [4.69, 9.17) is 9.72 Å². The molecule has 0 atom stereocenters. The molecule has 34 heavy (non-hydrogen) atoms. The molecule has 0 amide bonds. The molecule has 5 aromatic rings. The third-order valence-corrected chi connectivity index (χ3v) is 6.93. The van der Waals surface area contributed by atoms with Crippen LogP contribution in [0.25, 0.3) is 44.1 Å². The molecule has 4 heterocycles. The van der Waals surface area contributed by atoms with Gasteiger partial charge in [0, 0.05) is 59.8 Å². The summed E-state index contributed by atoms with van der Waals surface area (Å²) in [6, 6.07) is 8.81. The summed E-state index contributed by atoms with van der Waals surface area (Å²) in [6.07, 6.45) is 6.09. The van der Waals surface area contributed by atoms with E-state index in [2.05, 4.69) is 87.2 Å². The predicted octanol–water partition coefficient (Wildman–Crippen LogP) is 6.72. The van der Waals surface area contributed by atoms with Gasteiger partial charge in [0.1, 0.15) is 11.4 Å². The van der Waals surface area contributed by atoms with Crippen LogP contribution in [0.2, 0.25) is 0 Å². The Hall–Kier alpha value is -3.28. The summed E-state index contributed by atoms with van der Waals surface area (Å²) in [7, 11) is 5.83. The van der Waals surface area contributed by atoms with Gasteiger partial charge in [-0.05, 0) is 35.1 Å². The molecule has 6 nitrogen and oxygen atoms in total. The SMILES string of the molecule is COc1ccc2c(c1)c(-c1cc3c4c(cnc3n1C(C(C)(C)C)C(C)(C)C)cnn4C)cn2C. The van der Waals surface area contributed by atoms with Crippen molar-refractivity contribution >= 4 is 32.8 Å². The highest BCUT2D eigenvalue weighted by molar-refractivity contribution is 6.06. The minimum atomic E-state index is 0.00429. The molecule has 0 aliphatic carbocycles. The van der Waals surface area contributed by atoms with Gasteiger partial charge in [-0.25, -0.2) is 4.98 Å². The average molecular weight is 458 g/mol. The Morgan fingerprint density at radius 2 is 1.62 bits per heavy atom. The van der Waals surface area contributed by atoms with Gasteiger partial charge < -0.3 is 13.9 Å². The van der Waals surface area contributed by atoms with Gasteiger partial charge in [0.15, 0.2) is 0 Å². The maximum absolute atomic E-state index is 5.59. The van der Waals surface area contributed by atoms with Crippen LogP contribution in [-0.2, 0) is 14.1 Å². The number of pyridine rings is 1. The lowest BCUT2D eigenvalue weighted by atomic mass is 9.71. The third kappa shape index (κ3) is 3.30. The molecule has 0 N–H and O–H groups in total. The molecule has 0 bridgehead atoms. The van der Waals surface area contributed by atoms with E-state index in [9.17, 15) is 0 Å². The van der Waals surface area contributed by atoms with Crippen molar-refractivity contribution < 1.29 is 4.74 Å². The molecule has 0 saturated heterocycles. The van der Waals surface area contributed by atoms with Crippen LogP contribution in [-0.4, -0.2) is 31.0 Å². The number of fused-ring (bicyclic) bond motifs is 4. The number of methoxy groups -OCH3 is 1. The highest BCUT2D eigenvalue weighted by Crippen LogP contribution is 2.49. The largest absolute Gasteiger partial charge is 0.497 e. The van der Waals surface area contributed by atoms with Crippen LogP contribution in [0.3, 0.4) is 0 Å². The predicted molar refractivity (Wildman–Crippen MR) is 140 cm³/mol. The molecule has 4 aromatic heterocycles. The first-order valence-corrected chi connectivity index (χ1v) is 11.9. The van der Waals surface area contributed by atoms with Gasteiger partial charge in [0.2, 0.25) is 0 Å². The monoisotopic (exact) mass is 457 g/mol. The zero-order valence-corrected chi connectivity index (χ0v) is 21.8. The Labute approximate surface area is 201 Å². The molecular formula is C28H35N5O. The number of hydrogen-bond donors (Lipinski definition) is 0. The van der Waals surface area contributed by atoms with Crippen LogP contribution in [0.15, 0.2) is 42.9 Å². The summed E-state index contributed by atoms with van der Waals surface area (Å²) < 4.78 is 12.2. The fourth-order valence-corrected chi connectivity index (χ4v) is 6.07. The zero-order valence-electron chi connectivity index (χ0n) is 21.8. The van der Waals surface area contributed by atoms with Crippen LogP contribution < -0.4 is 4.74 Å². The third-order valence-electron chi connectivity index (χ3n) is 6.93. The van der Waals surface area contributed by atoms with Crippen molar-refractivity contribution in [3.63, 3.8) is 0 Å². The number of hydrogen-bond acceptors (Lipinski definition) is 3. The second kappa shape index (κ2) is 7.36. The molecule has 0 radical (unpaired) electrons. The van der Waals surface area contributed by atoms with Crippen molar-refractivity contribution in [2.24, 2.45) is 24.9 Å². The number of rotatable bonds is 3. The van der Waals surface area contributed by atoms with Gasteiger partial charge >= 0.3 is 0 Å². The van der Waals surface area contributed by atoms with Crippen molar-refractivity contribution in [2.75, 3.05) is 7.11 Å². The van der Waals surface area contributed by atoms with Crippen LogP contribution in [0.5, 0.6) is 5.75 Å². The molecular weight excluding hydrogens is 422 g/mol. The van der Waals surface area contributed by atoms with E-state index >= 15 is 0 Å². The van der Waals surface area contributed by atoms with Crippen molar-refractivity contribution in [1.82, 2.24) is 23.9 Å². The van der Waals surface area contributed by atoms with Crippen molar-refractivity contribution in [1.29, 1.82) is 0 Å². The summed E-state index contributed by atoms with van der Waals surface area (Å²) in [5.74, 6) is 0.859. The van der Waals surface area contributed by atoms with Gasteiger partial charge in [-0.15, -0.1) is 0 Å². The number of benzene rings is 1. The Morgan fingerprint density at radius 3 is 2.26 bits per heavy atom. The maximum Gasteiger partial charge on any atom is 0.142 e. The van der Waals surface area contributed by atoms with E-state index < -0.39 is 0 Å². The summed E-state index contributed by atoms with van der Waals surface area (Å²) in [5.41, 5.74) is 5.65. The van der Waals surface area contributed by atoms with Crippen LogP contribution in [0.4, 0.5) is 0 Å². The van der Waals surface area contributed by atoms with E-state index in [1.54, 1.807) is 7.11 Å². The van der Waals surface area contributed by atoms with Crippen LogP contribution in [0, 0.1) is 10.8 Å². The first-order chi connectivity index (χ1) is 15.9. The summed E-state index contributed by atoms with van der Waals surface area (Å²) >= 11 is 0. The Kier molecular flexibility index (Phi) is 4.87. The van der Waals surface area contributed by atoms with Crippen LogP contribution >= 0.6 is 0 Å². The summed E-state index contributed by atoms with van der Waals surface area (Å²) in [4.78, 5) is 5.02. The summed E-state index contributed by atoms with van der Waals surface area (Å²) in [5, 5.41) is 7.89. The smallest absolute Gasteiger partial charge is 0.142 e. The van der Waals surface area contributed by atoms with Crippen molar-refractivity contribution in [3.8, 4) is 17.0 Å². The lowest BCUT2D eigenvalue weighted by Gasteiger charge is -2.43. The minimum Gasteiger partial charge on any atom is -0.497 e. The average Bonchev–Trinajstić information content (AvgIpc) is 3.40.